The molecule has 0 saturated carbocycles. The Morgan fingerprint density at radius 1 is 1.14 bits per heavy atom. The number of phenolic OH excluding ortho intramolecular Hbond substituents is 1. The monoisotopic (exact) mass is 384 g/mol. The van der Waals surface area contributed by atoms with E-state index in [0.29, 0.717) is 13.1 Å². The number of carboxylic acids is 1. The Kier molecular flexibility index (Phi) is 5.55. The Hall–Kier alpha value is -3.46. The molecule has 0 bridgehead atoms. The molecule has 0 aliphatic heterocycles. The second-order valence-electron chi connectivity index (χ2n) is 6.26. The van der Waals surface area contributed by atoms with E-state index < -0.39 is 16.8 Å². The van der Waals surface area contributed by atoms with Gasteiger partial charge in [0.1, 0.15) is 22.3 Å². The molecule has 1 heterocycles. The van der Waals surface area contributed by atoms with Gasteiger partial charge in [0.25, 0.3) is 0 Å². The minimum atomic E-state index is -1.25. The Balaban J connectivity index is 2.19. The summed E-state index contributed by atoms with van der Waals surface area (Å²) in [5.74, 6) is -1.53. The second kappa shape index (κ2) is 8.05. The average molecular weight is 384 g/mol. The van der Waals surface area contributed by atoms with E-state index in [0.717, 1.165) is 25.1 Å². The number of aromatic hydroxyl groups is 1. The van der Waals surface area contributed by atoms with Crippen LogP contribution in [0.5, 0.6) is 5.75 Å². The second-order valence-corrected chi connectivity index (χ2v) is 6.26. The molecule has 0 saturated heterocycles. The Bertz CT molecular complexity index is 1220. The molecule has 9 heteroatoms. The summed E-state index contributed by atoms with van der Waals surface area (Å²) in [6, 6.07) is 3.30. The van der Waals surface area contributed by atoms with Crippen molar-refractivity contribution in [2.75, 3.05) is 19.6 Å². The summed E-state index contributed by atoms with van der Waals surface area (Å²) in [5, 5.41) is 26.0. The van der Waals surface area contributed by atoms with Gasteiger partial charge in [-0.05, 0) is 25.1 Å². The summed E-state index contributed by atoms with van der Waals surface area (Å²) in [7, 11) is 0. The zero-order chi connectivity index (χ0) is 20.3. The van der Waals surface area contributed by atoms with Gasteiger partial charge in [-0.2, -0.15) is 0 Å². The highest BCUT2D eigenvalue weighted by atomic mass is 16.4. The zero-order valence-electron chi connectivity index (χ0n) is 15.2. The lowest BCUT2D eigenvalue weighted by Gasteiger charge is -2.07. The minimum Gasteiger partial charge on any atom is -0.507 e. The molecule has 0 unspecified atom stereocenters. The molecule has 0 radical (unpaired) electrons. The number of hydrogen-bond acceptors (Lipinski definition) is 7. The van der Waals surface area contributed by atoms with Crippen LogP contribution in [-0.4, -0.2) is 45.8 Å². The van der Waals surface area contributed by atoms with Gasteiger partial charge in [0.2, 0.25) is 10.9 Å². The number of nitrogens with one attached hydrogen (secondary N) is 3. The maximum Gasteiger partial charge on any atom is 0.337 e. The van der Waals surface area contributed by atoms with Gasteiger partial charge in [0.05, 0.1) is 16.3 Å². The fraction of sp³-hybridized carbons (Fsp3) is 0.263. The lowest BCUT2D eigenvalue weighted by Crippen LogP contribution is -2.26. The van der Waals surface area contributed by atoms with E-state index in [2.05, 4.69) is 27.5 Å². The highest BCUT2D eigenvalue weighted by Gasteiger charge is 2.16. The van der Waals surface area contributed by atoms with Crippen molar-refractivity contribution in [2.24, 2.45) is 0 Å². The van der Waals surface area contributed by atoms with E-state index in [-0.39, 0.29) is 38.6 Å². The fourth-order valence-corrected chi connectivity index (χ4v) is 2.89. The van der Waals surface area contributed by atoms with Crippen LogP contribution in [0.1, 0.15) is 23.7 Å². The average Bonchev–Trinajstić information content (AvgIpc) is 2.66. The molecule has 0 amide bonds. The third-order valence-electron chi connectivity index (χ3n) is 4.25. The van der Waals surface area contributed by atoms with Crippen LogP contribution in [0.2, 0.25) is 0 Å². The lowest BCUT2D eigenvalue weighted by molar-refractivity contribution is 0.0699. The van der Waals surface area contributed by atoms with Crippen LogP contribution in [0.25, 0.3) is 28.3 Å². The van der Waals surface area contributed by atoms with E-state index in [1.807, 2.05) is 0 Å². The fourth-order valence-electron chi connectivity index (χ4n) is 2.89. The summed E-state index contributed by atoms with van der Waals surface area (Å²) in [6.07, 6.45) is 2.53. The first-order valence-electron chi connectivity index (χ1n) is 8.84. The lowest BCUT2D eigenvalue weighted by atomic mass is 10.1. The van der Waals surface area contributed by atoms with Gasteiger partial charge in [-0.3, -0.25) is 9.59 Å². The number of carboxylic acid groups (broad SMARTS) is 1. The summed E-state index contributed by atoms with van der Waals surface area (Å²) in [4.78, 5) is 42.9. The quantitative estimate of drug-likeness (QED) is 0.280. The van der Waals surface area contributed by atoms with Gasteiger partial charge in [-0.25, -0.2) is 9.78 Å². The third kappa shape index (κ3) is 3.65. The molecule has 0 aliphatic rings. The van der Waals surface area contributed by atoms with Crippen LogP contribution in [0.4, 0.5) is 0 Å². The van der Waals surface area contributed by atoms with Crippen LogP contribution >= 0.6 is 0 Å². The van der Waals surface area contributed by atoms with E-state index >= 15 is 0 Å². The zero-order valence-corrected chi connectivity index (χ0v) is 15.2. The third-order valence-corrected chi connectivity index (χ3v) is 4.25. The highest BCUT2D eigenvalue weighted by Crippen LogP contribution is 2.15. The molecule has 0 aliphatic carbocycles. The number of phenols is 1. The maximum absolute atomic E-state index is 12.3. The molecule has 1 aromatic heterocycles. The Morgan fingerprint density at radius 2 is 1.93 bits per heavy atom. The number of H-pyrrole nitrogens is 1. The first-order chi connectivity index (χ1) is 13.4. The van der Waals surface area contributed by atoms with Crippen molar-refractivity contribution in [2.45, 2.75) is 13.3 Å². The summed E-state index contributed by atoms with van der Waals surface area (Å²) >= 11 is 0. The van der Waals surface area contributed by atoms with Crippen LogP contribution in [0, 0.1) is 0 Å². The van der Waals surface area contributed by atoms with Gasteiger partial charge in [-0.15, -0.1) is 0 Å². The maximum atomic E-state index is 12.3. The molecule has 9 nitrogen and oxygen atoms in total. The van der Waals surface area contributed by atoms with Gasteiger partial charge >= 0.3 is 5.97 Å². The van der Waals surface area contributed by atoms with Crippen molar-refractivity contribution in [3.8, 4) is 5.75 Å². The molecular formula is C19H20N4O5. The normalized spacial score (nSPS) is 12.0. The van der Waals surface area contributed by atoms with Gasteiger partial charge in [0, 0.05) is 25.4 Å². The molecule has 0 spiro atoms. The van der Waals surface area contributed by atoms with Crippen LogP contribution in [-0.2, 0) is 0 Å². The molecule has 0 fully saturated rings. The summed E-state index contributed by atoms with van der Waals surface area (Å²) < 4.78 is 0. The Morgan fingerprint density at radius 3 is 2.64 bits per heavy atom. The van der Waals surface area contributed by atoms with E-state index in [9.17, 15) is 24.6 Å². The van der Waals surface area contributed by atoms with Gasteiger partial charge < -0.3 is 25.8 Å². The molecule has 3 rings (SSSR count). The predicted molar refractivity (Wildman–Crippen MR) is 106 cm³/mol. The first kappa shape index (κ1) is 19.3. The molecule has 28 heavy (non-hydrogen) atoms. The molecule has 2 aromatic carbocycles. The van der Waals surface area contributed by atoms with Crippen molar-refractivity contribution < 1.29 is 15.0 Å². The highest BCUT2D eigenvalue weighted by molar-refractivity contribution is 6.02. The van der Waals surface area contributed by atoms with Crippen molar-refractivity contribution in [3.63, 3.8) is 0 Å². The van der Waals surface area contributed by atoms with E-state index in [4.69, 9.17) is 0 Å². The number of fused-ring (bicyclic) bond motifs is 2. The molecule has 5 N–H and O–H groups in total. The van der Waals surface area contributed by atoms with Crippen molar-refractivity contribution in [1.82, 2.24) is 20.6 Å². The van der Waals surface area contributed by atoms with E-state index in [1.165, 1.54) is 12.3 Å². The standard InChI is InChI=1S/C19H20N4O5/c1-2-5-20-6-7-21-9-11-13(25)8-14(26)18-16(11)23-17-12(24)4-3-10(19(27)28)15(17)22-18/h3-4,8-9,20-22,25H,2,5-7H2,1H3,(H,27,28). The SMILES string of the molecule is CCCNCCNC=c1c(O)cc(=O)c2[nH]c3c(C(=O)O)ccc(=O)c3nc12. The number of benzene rings is 2. The van der Waals surface area contributed by atoms with Crippen LogP contribution < -0.4 is 26.7 Å². The van der Waals surface area contributed by atoms with Crippen LogP contribution in [0.15, 0.2) is 27.8 Å². The largest absolute Gasteiger partial charge is 0.507 e. The molecule has 146 valence electrons. The van der Waals surface area contributed by atoms with E-state index in [1.54, 1.807) is 0 Å². The number of rotatable bonds is 7. The van der Waals surface area contributed by atoms with Gasteiger partial charge in [-0.1, -0.05) is 6.92 Å². The van der Waals surface area contributed by atoms with Gasteiger partial charge in [0.15, 0.2) is 0 Å². The van der Waals surface area contributed by atoms with Crippen LogP contribution in [0.3, 0.4) is 0 Å². The van der Waals surface area contributed by atoms with Crippen molar-refractivity contribution in [1.29, 1.82) is 0 Å². The number of hydrogen-bond donors (Lipinski definition) is 5. The number of aromatic nitrogens is 2. The minimum absolute atomic E-state index is 0.00978. The number of carbonyl (C=O) groups is 1. The molecular weight excluding hydrogens is 364 g/mol. The first-order valence-corrected chi connectivity index (χ1v) is 8.84. The number of aromatic carboxylic acids is 1. The predicted octanol–water partition coefficient (Wildman–Crippen LogP) is -0.114. The summed E-state index contributed by atoms with van der Waals surface area (Å²) in [5.41, 5.74) is -1.26. The van der Waals surface area contributed by atoms with Crippen molar-refractivity contribution >= 4 is 34.2 Å². The smallest absolute Gasteiger partial charge is 0.337 e. The molecule has 0 atom stereocenters. The number of nitrogens with zero attached hydrogens (tertiary/aromatic N) is 1. The number of aromatic amines is 1. The molecule has 3 aromatic rings. The summed E-state index contributed by atoms with van der Waals surface area (Å²) in [6.45, 7) is 4.24. The topological polar surface area (TPSA) is 144 Å². The van der Waals surface area contributed by atoms with Crippen molar-refractivity contribution in [3.05, 3.63) is 49.4 Å². The Labute approximate surface area is 158 Å².